The van der Waals surface area contributed by atoms with Gasteiger partial charge in [-0.25, -0.2) is 0 Å². The van der Waals surface area contributed by atoms with E-state index in [0.29, 0.717) is 11.6 Å². The zero-order valence-corrected chi connectivity index (χ0v) is 12.6. The van der Waals surface area contributed by atoms with Gasteiger partial charge < -0.3 is 5.32 Å². The molecule has 0 aliphatic carbocycles. The lowest BCUT2D eigenvalue weighted by Crippen LogP contribution is -2.13. The van der Waals surface area contributed by atoms with E-state index < -0.39 is 10.8 Å². The number of carbonyl (C=O) groups is 1. The lowest BCUT2D eigenvalue weighted by Gasteiger charge is -2.10. The van der Waals surface area contributed by atoms with Crippen LogP contribution < -0.4 is 5.32 Å². The molecule has 0 saturated heterocycles. The molecule has 2 aromatic carbocycles. The Balaban J connectivity index is 2.17. The Morgan fingerprint density at radius 2 is 1.82 bits per heavy atom. The molecule has 0 aliphatic heterocycles. The summed E-state index contributed by atoms with van der Waals surface area (Å²) in [7, 11) is 0. The van der Waals surface area contributed by atoms with Crippen molar-refractivity contribution in [2.75, 3.05) is 5.32 Å². The SMILES string of the molecule is CC[C@H](C)c1ccc(NC(=O)c2ccccc2[N+](=O)[O-])cc1. The first-order valence-corrected chi connectivity index (χ1v) is 7.17. The molecular formula is C17H18N2O3. The van der Waals surface area contributed by atoms with Crippen molar-refractivity contribution < 1.29 is 9.72 Å². The van der Waals surface area contributed by atoms with Crippen LogP contribution in [0.25, 0.3) is 0 Å². The summed E-state index contributed by atoms with van der Waals surface area (Å²) in [6.45, 7) is 4.26. The number of hydrogen-bond acceptors (Lipinski definition) is 3. The van der Waals surface area contributed by atoms with Gasteiger partial charge in [-0.2, -0.15) is 0 Å². The summed E-state index contributed by atoms with van der Waals surface area (Å²) >= 11 is 0. The van der Waals surface area contributed by atoms with Gasteiger partial charge in [0.15, 0.2) is 0 Å². The van der Waals surface area contributed by atoms with E-state index in [1.165, 1.54) is 23.8 Å². The van der Waals surface area contributed by atoms with E-state index in [4.69, 9.17) is 0 Å². The van der Waals surface area contributed by atoms with Crippen LogP contribution in [0.4, 0.5) is 11.4 Å². The molecule has 0 radical (unpaired) electrons. The van der Waals surface area contributed by atoms with Crippen LogP contribution in [-0.2, 0) is 0 Å². The molecule has 0 bridgehead atoms. The second-order valence-electron chi connectivity index (χ2n) is 5.16. The number of amides is 1. The van der Waals surface area contributed by atoms with Crippen molar-refractivity contribution in [2.24, 2.45) is 0 Å². The molecule has 1 N–H and O–H groups in total. The van der Waals surface area contributed by atoms with Gasteiger partial charge in [-0.15, -0.1) is 0 Å². The fourth-order valence-corrected chi connectivity index (χ4v) is 2.15. The minimum Gasteiger partial charge on any atom is -0.322 e. The molecule has 0 spiro atoms. The summed E-state index contributed by atoms with van der Waals surface area (Å²) < 4.78 is 0. The smallest absolute Gasteiger partial charge is 0.282 e. The first kappa shape index (κ1) is 15.7. The van der Waals surface area contributed by atoms with Gasteiger partial charge in [-0.1, -0.05) is 38.1 Å². The van der Waals surface area contributed by atoms with Crippen LogP contribution in [0.3, 0.4) is 0 Å². The lowest BCUT2D eigenvalue weighted by molar-refractivity contribution is -0.385. The van der Waals surface area contributed by atoms with Gasteiger partial charge in [0.1, 0.15) is 5.56 Å². The quantitative estimate of drug-likeness (QED) is 0.658. The summed E-state index contributed by atoms with van der Waals surface area (Å²) in [6.07, 6.45) is 1.04. The lowest BCUT2D eigenvalue weighted by atomic mass is 9.98. The Hall–Kier alpha value is -2.69. The number of benzene rings is 2. The largest absolute Gasteiger partial charge is 0.322 e. The monoisotopic (exact) mass is 298 g/mol. The third-order valence-electron chi connectivity index (χ3n) is 3.70. The molecule has 22 heavy (non-hydrogen) atoms. The zero-order valence-electron chi connectivity index (χ0n) is 12.6. The fraction of sp³-hybridized carbons (Fsp3) is 0.235. The topological polar surface area (TPSA) is 72.2 Å². The molecular weight excluding hydrogens is 280 g/mol. The van der Waals surface area contributed by atoms with Gasteiger partial charge in [-0.05, 0) is 36.1 Å². The highest BCUT2D eigenvalue weighted by Crippen LogP contribution is 2.22. The van der Waals surface area contributed by atoms with Crippen molar-refractivity contribution in [3.05, 3.63) is 69.8 Å². The van der Waals surface area contributed by atoms with Crippen LogP contribution in [0.15, 0.2) is 48.5 Å². The van der Waals surface area contributed by atoms with Gasteiger partial charge in [0.25, 0.3) is 11.6 Å². The summed E-state index contributed by atoms with van der Waals surface area (Å²) in [5.74, 6) is -0.0245. The number of rotatable bonds is 5. The van der Waals surface area contributed by atoms with Gasteiger partial charge in [0.2, 0.25) is 0 Å². The number of para-hydroxylation sites is 1. The van der Waals surface area contributed by atoms with E-state index in [9.17, 15) is 14.9 Å². The number of nitrogens with zero attached hydrogens (tertiary/aromatic N) is 1. The van der Waals surface area contributed by atoms with Crippen LogP contribution in [0, 0.1) is 10.1 Å². The van der Waals surface area contributed by atoms with Gasteiger partial charge in [-0.3, -0.25) is 14.9 Å². The Labute approximate surface area is 129 Å². The minimum atomic E-state index is -0.555. The number of carbonyl (C=O) groups excluding carboxylic acids is 1. The predicted octanol–water partition coefficient (Wildman–Crippen LogP) is 4.36. The number of nitro groups is 1. The summed E-state index contributed by atoms with van der Waals surface area (Å²) in [6, 6.07) is 13.5. The van der Waals surface area contributed by atoms with E-state index in [1.807, 2.05) is 24.3 Å². The average Bonchev–Trinajstić information content (AvgIpc) is 2.54. The van der Waals surface area contributed by atoms with Gasteiger partial charge in [0.05, 0.1) is 4.92 Å². The maximum atomic E-state index is 12.2. The standard InChI is InChI=1S/C17H18N2O3/c1-3-12(2)13-8-10-14(11-9-13)18-17(20)15-6-4-5-7-16(15)19(21)22/h4-12H,3H2,1-2H3,(H,18,20)/t12-/m0/s1. The normalized spacial score (nSPS) is 11.7. The summed E-state index contributed by atoms with van der Waals surface area (Å²) in [5, 5.41) is 13.7. The third-order valence-corrected chi connectivity index (χ3v) is 3.70. The van der Waals surface area contributed by atoms with Crippen molar-refractivity contribution in [2.45, 2.75) is 26.2 Å². The molecule has 1 amide bonds. The van der Waals surface area contributed by atoms with Gasteiger partial charge >= 0.3 is 0 Å². The Morgan fingerprint density at radius 3 is 2.41 bits per heavy atom. The first-order chi connectivity index (χ1) is 10.5. The molecule has 2 rings (SSSR count). The van der Waals surface area contributed by atoms with Crippen LogP contribution in [0.1, 0.15) is 42.1 Å². The van der Waals surface area contributed by atoms with Crippen LogP contribution in [-0.4, -0.2) is 10.8 Å². The zero-order chi connectivity index (χ0) is 16.1. The van der Waals surface area contributed by atoms with Crippen LogP contribution >= 0.6 is 0 Å². The predicted molar refractivity (Wildman–Crippen MR) is 86.2 cm³/mol. The second-order valence-corrected chi connectivity index (χ2v) is 5.16. The second kappa shape index (κ2) is 6.85. The highest BCUT2D eigenvalue weighted by molar-refractivity contribution is 6.07. The van der Waals surface area contributed by atoms with E-state index in [1.54, 1.807) is 6.07 Å². The summed E-state index contributed by atoms with van der Waals surface area (Å²) in [5.41, 5.74) is 1.68. The van der Waals surface area contributed by atoms with Crippen molar-refractivity contribution >= 4 is 17.3 Å². The number of hydrogen-bond donors (Lipinski definition) is 1. The molecule has 0 unspecified atom stereocenters. The molecule has 2 aromatic rings. The molecule has 5 heteroatoms. The van der Waals surface area contributed by atoms with Crippen LogP contribution in [0.2, 0.25) is 0 Å². The number of anilines is 1. The number of nitrogens with one attached hydrogen (secondary N) is 1. The van der Waals surface area contributed by atoms with Crippen molar-refractivity contribution in [1.82, 2.24) is 0 Å². The minimum absolute atomic E-state index is 0.0542. The average molecular weight is 298 g/mol. The van der Waals surface area contributed by atoms with Crippen LogP contribution in [0.5, 0.6) is 0 Å². The van der Waals surface area contributed by atoms with E-state index >= 15 is 0 Å². The maximum Gasteiger partial charge on any atom is 0.282 e. The maximum absolute atomic E-state index is 12.2. The van der Waals surface area contributed by atoms with Crippen molar-refractivity contribution in [3.63, 3.8) is 0 Å². The van der Waals surface area contributed by atoms with Gasteiger partial charge in [0, 0.05) is 11.8 Å². The Morgan fingerprint density at radius 1 is 1.18 bits per heavy atom. The molecule has 0 saturated carbocycles. The molecule has 1 atom stereocenters. The van der Waals surface area contributed by atoms with Crippen molar-refractivity contribution in [1.29, 1.82) is 0 Å². The first-order valence-electron chi connectivity index (χ1n) is 7.17. The number of nitro benzene ring substituents is 1. The molecule has 0 fully saturated rings. The Kier molecular flexibility index (Phi) is 4.88. The molecule has 0 heterocycles. The third kappa shape index (κ3) is 3.49. The Bertz CT molecular complexity index is 681. The highest BCUT2D eigenvalue weighted by atomic mass is 16.6. The molecule has 0 aliphatic rings. The molecule has 0 aromatic heterocycles. The molecule has 114 valence electrons. The van der Waals surface area contributed by atoms with E-state index in [-0.39, 0.29) is 11.3 Å². The molecule has 5 nitrogen and oxygen atoms in total. The fourth-order valence-electron chi connectivity index (χ4n) is 2.15. The van der Waals surface area contributed by atoms with Crippen molar-refractivity contribution in [3.8, 4) is 0 Å². The summed E-state index contributed by atoms with van der Waals surface area (Å²) in [4.78, 5) is 22.6. The highest BCUT2D eigenvalue weighted by Gasteiger charge is 2.19. The van der Waals surface area contributed by atoms with E-state index in [2.05, 4.69) is 19.2 Å². The van der Waals surface area contributed by atoms with E-state index in [0.717, 1.165) is 6.42 Å².